The second-order valence-electron chi connectivity index (χ2n) is 6.25. The van der Waals surface area contributed by atoms with Crippen molar-refractivity contribution < 1.29 is 9.53 Å². The number of hydrogen-bond acceptors (Lipinski definition) is 7. The fraction of sp³-hybridized carbons (Fsp3) is 0.471. The van der Waals surface area contributed by atoms with Crippen LogP contribution in [0.4, 0.5) is 11.8 Å². The van der Waals surface area contributed by atoms with E-state index < -0.39 is 0 Å². The second-order valence-corrected chi connectivity index (χ2v) is 6.25. The first-order valence-electron chi connectivity index (χ1n) is 8.16. The summed E-state index contributed by atoms with van der Waals surface area (Å²) in [6, 6.07) is 3.82. The van der Waals surface area contributed by atoms with Crippen molar-refractivity contribution in [3.63, 3.8) is 0 Å². The summed E-state index contributed by atoms with van der Waals surface area (Å²) < 4.78 is 4.88. The van der Waals surface area contributed by atoms with E-state index in [2.05, 4.69) is 25.3 Å². The summed E-state index contributed by atoms with van der Waals surface area (Å²) >= 11 is 0. The van der Waals surface area contributed by atoms with Gasteiger partial charge in [-0.3, -0.25) is 4.79 Å². The summed E-state index contributed by atoms with van der Waals surface area (Å²) in [5.41, 5.74) is 2.71. The lowest BCUT2D eigenvalue weighted by molar-refractivity contribution is -0.139. The Labute approximate surface area is 146 Å². The molecule has 0 spiro atoms. The summed E-state index contributed by atoms with van der Waals surface area (Å²) in [6.07, 6.45) is 0. The van der Waals surface area contributed by atoms with Crippen molar-refractivity contribution >= 4 is 17.7 Å². The lowest BCUT2D eigenvalue weighted by Gasteiger charge is -2.38. The van der Waals surface area contributed by atoms with Gasteiger partial charge in [-0.15, -0.1) is 0 Å². The van der Waals surface area contributed by atoms with Crippen molar-refractivity contribution in [2.45, 2.75) is 26.7 Å². The van der Waals surface area contributed by atoms with Gasteiger partial charge in [0.25, 0.3) is 0 Å². The van der Waals surface area contributed by atoms with Gasteiger partial charge in [-0.2, -0.15) is 0 Å². The number of aromatic nitrogens is 4. The Morgan fingerprint density at radius 2 is 1.84 bits per heavy atom. The molecule has 3 rings (SSSR count). The highest BCUT2D eigenvalue weighted by molar-refractivity contribution is 5.78. The maximum atomic E-state index is 11.8. The molecule has 1 amide bonds. The van der Waals surface area contributed by atoms with E-state index in [1.165, 1.54) is 7.11 Å². The number of hydrogen-bond donors (Lipinski definition) is 1. The zero-order chi connectivity index (χ0) is 18.0. The van der Waals surface area contributed by atoms with E-state index in [0.717, 1.165) is 17.1 Å². The van der Waals surface area contributed by atoms with Gasteiger partial charge in [-0.1, -0.05) is 0 Å². The number of nitrogens with one attached hydrogen (secondary N) is 1. The topological polar surface area (TPSA) is 93.1 Å². The van der Waals surface area contributed by atoms with Crippen molar-refractivity contribution in [3.05, 3.63) is 35.0 Å². The van der Waals surface area contributed by atoms with Crippen LogP contribution in [0.3, 0.4) is 0 Å². The zero-order valence-electron chi connectivity index (χ0n) is 14.9. The summed E-state index contributed by atoms with van der Waals surface area (Å²) in [6.45, 7) is 7.12. The van der Waals surface area contributed by atoms with Gasteiger partial charge in [-0.05, 0) is 26.8 Å². The minimum absolute atomic E-state index is 0.00603. The van der Waals surface area contributed by atoms with Gasteiger partial charge >= 0.3 is 0 Å². The van der Waals surface area contributed by atoms with E-state index in [9.17, 15) is 4.79 Å². The van der Waals surface area contributed by atoms with Crippen LogP contribution in [0, 0.1) is 20.8 Å². The largest absolute Gasteiger partial charge is 0.375 e. The molecule has 132 valence electrons. The van der Waals surface area contributed by atoms with Crippen LogP contribution in [-0.4, -0.2) is 57.5 Å². The monoisotopic (exact) mass is 342 g/mol. The van der Waals surface area contributed by atoms with Crippen molar-refractivity contribution in [1.82, 2.24) is 24.8 Å². The van der Waals surface area contributed by atoms with Crippen molar-refractivity contribution in [2.24, 2.45) is 0 Å². The normalized spacial score (nSPS) is 14.3. The first-order chi connectivity index (χ1) is 11.9. The van der Waals surface area contributed by atoms with Crippen LogP contribution in [0.5, 0.6) is 0 Å². The Hall–Kier alpha value is -2.61. The molecular weight excluding hydrogens is 320 g/mol. The third-order valence-corrected chi connectivity index (χ3v) is 4.00. The molecule has 0 unspecified atom stereocenters. The SMILES string of the molecule is COCC(=O)N1CC(c2cc(Nc3nc(C)cc(C)n3)nc(C)n2)C1. The lowest BCUT2D eigenvalue weighted by Crippen LogP contribution is -2.50. The number of aryl methyl sites for hydroxylation is 3. The summed E-state index contributed by atoms with van der Waals surface area (Å²) in [5, 5.41) is 3.15. The van der Waals surface area contributed by atoms with Crippen LogP contribution in [0.1, 0.15) is 28.8 Å². The number of likely N-dealkylation sites (tertiary alicyclic amines) is 1. The average Bonchev–Trinajstić information content (AvgIpc) is 2.44. The number of carbonyl (C=O) groups is 1. The number of rotatable bonds is 5. The fourth-order valence-electron chi connectivity index (χ4n) is 2.84. The molecule has 2 aromatic heterocycles. The predicted molar refractivity (Wildman–Crippen MR) is 92.8 cm³/mol. The molecule has 1 fully saturated rings. The highest BCUT2D eigenvalue weighted by Gasteiger charge is 2.32. The Balaban J connectivity index is 1.72. The molecule has 0 aromatic carbocycles. The second kappa shape index (κ2) is 7.10. The maximum Gasteiger partial charge on any atom is 0.248 e. The van der Waals surface area contributed by atoms with Gasteiger partial charge in [0.05, 0.1) is 5.69 Å². The Morgan fingerprint density at radius 1 is 1.16 bits per heavy atom. The van der Waals surface area contributed by atoms with Crippen LogP contribution in [0.15, 0.2) is 12.1 Å². The molecule has 2 aromatic rings. The average molecular weight is 342 g/mol. The molecule has 1 N–H and O–H groups in total. The van der Waals surface area contributed by atoms with Gasteiger partial charge < -0.3 is 15.0 Å². The summed E-state index contributed by atoms with van der Waals surface area (Å²) in [5.74, 6) is 2.07. The van der Waals surface area contributed by atoms with E-state index >= 15 is 0 Å². The minimum Gasteiger partial charge on any atom is -0.375 e. The number of amides is 1. The van der Waals surface area contributed by atoms with Crippen molar-refractivity contribution in [1.29, 1.82) is 0 Å². The summed E-state index contributed by atoms with van der Waals surface area (Å²) in [4.78, 5) is 31.2. The lowest BCUT2D eigenvalue weighted by atomic mass is 9.96. The van der Waals surface area contributed by atoms with Gasteiger partial charge in [0, 0.05) is 43.6 Å². The highest BCUT2D eigenvalue weighted by Crippen LogP contribution is 2.27. The number of anilines is 2. The standard InChI is InChI=1S/C17H22N6O2/c1-10-5-11(2)19-17(18-10)22-15-6-14(20-12(3)21-15)13-7-23(8-13)16(24)9-25-4/h5-6,13H,7-9H2,1-4H3,(H,18,19,20,21,22). The van der Waals surface area contributed by atoms with E-state index in [4.69, 9.17) is 4.74 Å². The molecule has 1 saturated heterocycles. The van der Waals surface area contributed by atoms with Crippen molar-refractivity contribution in [3.8, 4) is 0 Å². The molecule has 0 saturated carbocycles. The van der Waals surface area contributed by atoms with Crippen LogP contribution < -0.4 is 5.32 Å². The molecule has 1 aliphatic rings. The first-order valence-corrected chi connectivity index (χ1v) is 8.16. The Kier molecular flexibility index (Phi) is 4.89. The van der Waals surface area contributed by atoms with Gasteiger partial charge in [0.2, 0.25) is 11.9 Å². The first kappa shape index (κ1) is 17.2. The highest BCUT2D eigenvalue weighted by atomic mass is 16.5. The number of nitrogens with zero attached hydrogens (tertiary/aromatic N) is 5. The fourth-order valence-corrected chi connectivity index (χ4v) is 2.84. The zero-order valence-corrected chi connectivity index (χ0v) is 14.9. The molecular formula is C17H22N6O2. The van der Waals surface area contributed by atoms with Gasteiger partial charge in [0.1, 0.15) is 18.2 Å². The number of methoxy groups -OCH3 is 1. The third kappa shape index (κ3) is 4.08. The Bertz CT molecular complexity index is 768. The van der Waals surface area contributed by atoms with E-state index in [0.29, 0.717) is 30.7 Å². The number of ether oxygens (including phenoxy) is 1. The molecule has 8 heteroatoms. The third-order valence-electron chi connectivity index (χ3n) is 4.00. The maximum absolute atomic E-state index is 11.8. The summed E-state index contributed by atoms with van der Waals surface area (Å²) in [7, 11) is 1.52. The van der Waals surface area contributed by atoms with E-state index in [-0.39, 0.29) is 18.4 Å². The van der Waals surface area contributed by atoms with Gasteiger partial charge in [-0.25, -0.2) is 19.9 Å². The van der Waals surface area contributed by atoms with Crippen molar-refractivity contribution in [2.75, 3.05) is 32.1 Å². The minimum atomic E-state index is 0.00603. The van der Waals surface area contributed by atoms with Crippen LogP contribution in [0.2, 0.25) is 0 Å². The van der Waals surface area contributed by atoms with E-state index in [1.54, 1.807) is 4.90 Å². The van der Waals surface area contributed by atoms with E-state index in [1.807, 2.05) is 32.9 Å². The van der Waals surface area contributed by atoms with Gasteiger partial charge in [0.15, 0.2) is 0 Å². The van der Waals surface area contributed by atoms with Crippen LogP contribution in [-0.2, 0) is 9.53 Å². The molecule has 0 aliphatic carbocycles. The molecule has 25 heavy (non-hydrogen) atoms. The quantitative estimate of drug-likeness (QED) is 0.880. The molecule has 0 atom stereocenters. The molecule has 0 radical (unpaired) electrons. The smallest absolute Gasteiger partial charge is 0.248 e. The molecule has 8 nitrogen and oxygen atoms in total. The Morgan fingerprint density at radius 3 is 2.48 bits per heavy atom. The molecule has 3 heterocycles. The molecule has 1 aliphatic heterocycles. The van der Waals surface area contributed by atoms with Crippen LogP contribution in [0.25, 0.3) is 0 Å². The molecule has 0 bridgehead atoms. The predicted octanol–water partition coefficient (Wildman–Crippen LogP) is 1.51. The van der Waals surface area contributed by atoms with Crippen LogP contribution >= 0.6 is 0 Å². The number of carbonyl (C=O) groups excluding carboxylic acids is 1.